The van der Waals surface area contributed by atoms with Crippen molar-refractivity contribution in [2.75, 3.05) is 19.0 Å². The standard InChI is InChI=1S/C19H18N2O7/c1-11-4-6-13(18(23)27-3)8-15(11)20-17(22)10-28-19(24)14-7-5-12(2)16(9-14)21(25)26/h4-9H,10H2,1-3H3,(H,20,22). The Balaban J connectivity index is 2.03. The Bertz CT molecular complexity index is 953. The van der Waals surface area contributed by atoms with Crippen LogP contribution >= 0.6 is 0 Å². The number of esters is 2. The van der Waals surface area contributed by atoms with Crippen LogP contribution in [0.15, 0.2) is 36.4 Å². The predicted octanol–water partition coefficient (Wildman–Crippen LogP) is 2.79. The third kappa shape index (κ3) is 4.91. The number of nitro benzene ring substituents is 1. The SMILES string of the molecule is COC(=O)c1ccc(C)c(NC(=O)COC(=O)c2ccc(C)c([N+](=O)[O-])c2)c1. The van der Waals surface area contributed by atoms with Gasteiger partial charge in [0.05, 0.1) is 23.2 Å². The Labute approximate surface area is 160 Å². The van der Waals surface area contributed by atoms with Crippen molar-refractivity contribution in [1.82, 2.24) is 0 Å². The maximum Gasteiger partial charge on any atom is 0.338 e. The van der Waals surface area contributed by atoms with E-state index < -0.39 is 29.4 Å². The van der Waals surface area contributed by atoms with Gasteiger partial charge in [0.1, 0.15) is 0 Å². The zero-order valence-electron chi connectivity index (χ0n) is 15.5. The second-order valence-electron chi connectivity index (χ2n) is 5.90. The van der Waals surface area contributed by atoms with Crippen molar-refractivity contribution in [2.45, 2.75) is 13.8 Å². The summed E-state index contributed by atoms with van der Waals surface area (Å²) in [5.41, 5.74) is 1.48. The summed E-state index contributed by atoms with van der Waals surface area (Å²) >= 11 is 0. The van der Waals surface area contributed by atoms with Gasteiger partial charge in [-0.3, -0.25) is 14.9 Å². The number of nitro groups is 1. The largest absolute Gasteiger partial charge is 0.465 e. The lowest BCUT2D eigenvalue weighted by molar-refractivity contribution is -0.385. The number of anilines is 1. The normalized spacial score (nSPS) is 10.1. The highest BCUT2D eigenvalue weighted by atomic mass is 16.6. The molecule has 2 rings (SSSR count). The maximum atomic E-state index is 12.1. The van der Waals surface area contributed by atoms with Crippen LogP contribution < -0.4 is 5.32 Å². The highest BCUT2D eigenvalue weighted by Crippen LogP contribution is 2.20. The van der Waals surface area contributed by atoms with Crippen molar-refractivity contribution in [1.29, 1.82) is 0 Å². The summed E-state index contributed by atoms with van der Waals surface area (Å²) in [7, 11) is 1.25. The van der Waals surface area contributed by atoms with Crippen LogP contribution in [0, 0.1) is 24.0 Å². The molecule has 9 heteroatoms. The minimum atomic E-state index is -0.863. The molecule has 0 radical (unpaired) electrons. The molecular formula is C19H18N2O7. The first kappa shape index (κ1) is 20.6. The van der Waals surface area contributed by atoms with Gasteiger partial charge in [-0.2, -0.15) is 0 Å². The molecule has 0 heterocycles. The smallest absolute Gasteiger partial charge is 0.338 e. The Kier molecular flexibility index (Phi) is 6.43. The van der Waals surface area contributed by atoms with E-state index in [-0.39, 0.29) is 16.8 Å². The van der Waals surface area contributed by atoms with Gasteiger partial charge in [-0.05, 0) is 37.6 Å². The molecule has 1 N–H and O–H groups in total. The zero-order valence-corrected chi connectivity index (χ0v) is 15.5. The Morgan fingerprint density at radius 2 is 1.61 bits per heavy atom. The highest BCUT2D eigenvalue weighted by Gasteiger charge is 2.17. The molecule has 9 nitrogen and oxygen atoms in total. The molecule has 0 bridgehead atoms. The van der Waals surface area contributed by atoms with E-state index in [1.807, 2.05) is 0 Å². The Morgan fingerprint density at radius 3 is 2.21 bits per heavy atom. The molecule has 0 aliphatic carbocycles. The first-order valence-corrected chi connectivity index (χ1v) is 8.14. The number of nitrogens with one attached hydrogen (secondary N) is 1. The fourth-order valence-electron chi connectivity index (χ4n) is 2.34. The Morgan fingerprint density at radius 1 is 1.00 bits per heavy atom. The molecule has 146 valence electrons. The van der Waals surface area contributed by atoms with Gasteiger partial charge in [-0.1, -0.05) is 12.1 Å². The van der Waals surface area contributed by atoms with Gasteiger partial charge >= 0.3 is 11.9 Å². The van der Waals surface area contributed by atoms with Crippen molar-refractivity contribution < 1.29 is 28.8 Å². The lowest BCUT2D eigenvalue weighted by Crippen LogP contribution is -2.21. The second kappa shape index (κ2) is 8.76. The lowest BCUT2D eigenvalue weighted by Gasteiger charge is -2.10. The van der Waals surface area contributed by atoms with Crippen LogP contribution in [0.2, 0.25) is 0 Å². The molecule has 1 amide bonds. The second-order valence-corrected chi connectivity index (χ2v) is 5.90. The van der Waals surface area contributed by atoms with Crippen LogP contribution in [-0.4, -0.2) is 36.5 Å². The monoisotopic (exact) mass is 386 g/mol. The first-order valence-electron chi connectivity index (χ1n) is 8.14. The average Bonchev–Trinajstić information content (AvgIpc) is 2.67. The molecule has 28 heavy (non-hydrogen) atoms. The van der Waals surface area contributed by atoms with E-state index in [1.165, 1.54) is 25.3 Å². The molecular weight excluding hydrogens is 368 g/mol. The fourth-order valence-corrected chi connectivity index (χ4v) is 2.34. The van der Waals surface area contributed by atoms with E-state index >= 15 is 0 Å². The average molecular weight is 386 g/mol. The number of ether oxygens (including phenoxy) is 2. The van der Waals surface area contributed by atoms with Crippen molar-refractivity contribution >= 4 is 29.2 Å². The quantitative estimate of drug-likeness (QED) is 0.460. The van der Waals surface area contributed by atoms with E-state index in [2.05, 4.69) is 10.1 Å². The molecule has 0 aliphatic heterocycles. The minimum Gasteiger partial charge on any atom is -0.465 e. The van der Waals surface area contributed by atoms with E-state index in [1.54, 1.807) is 26.0 Å². The van der Waals surface area contributed by atoms with Gasteiger partial charge in [-0.25, -0.2) is 9.59 Å². The number of benzene rings is 2. The summed E-state index contributed by atoms with van der Waals surface area (Å²) < 4.78 is 9.54. The van der Waals surface area contributed by atoms with Crippen LogP contribution in [0.1, 0.15) is 31.8 Å². The van der Waals surface area contributed by atoms with Gasteiger partial charge < -0.3 is 14.8 Å². The topological polar surface area (TPSA) is 125 Å². The van der Waals surface area contributed by atoms with Crippen molar-refractivity contribution in [2.24, 2.45) is 0 Å². The molecule has 0 spiro atoms. The number of carbonyl (C=O) groups is 3. The highest BCUT2D eigenvalue weighted by molar-refractivity contribution is 5.97. The summed E-state index contributed by atoms with van der Waals surface area (Å²) in [5, 5.41) is 13.5. The van der Waals surface area contributed by atoms with Crippen molar-refractivity contribution in [3.63, 3.8) is 0 Å². The molecule has 0 unspecified atom stereocenters. The number of amides is 1. The summed E-state index contributed by atoms with van der Waals surface area (Å²) in [6.45, 7) is 2.68. The first-order chi connectivity index (χ1) is 13.2. The molecule has 0 aromatic heterocycles. The fraction of sp³-hybridized carbons (Fsp3) is 0.211. The van der Waals surface area contributed by atoms with Crippen LogP contribution in [0.25, 0.3) is 0 Å². The number of hydrogen-bond donors (Lipinski definition) is 1. The molecule has 2 aromatic carbocycles. The maximum absolute atomic E-state index is 12.1. The lowest BCUT2D eigenvalue weighted by atomic mass is 10.1. The van der Waals surface area contributed by atoms with Crippen molar-refractivity contribution in [3.05, 3.63) is 68.8 Å². The van der Waals surface area contributed by atoms with Gasteiger partial charge in [0.15, 0.2) is 6.61 Å². The van der Waals surface area contributed by atoms with Crippen LogP contribution in [0.3, 0.4) is 0 Å². The van der Waals surface area contributed by atoms with E-state index in [9.17, 15) is 24.5 Å². The third-order valence-electron chi connectivity index (χ3n) is 3.91. The number of aryl methyl sites for hydroxylation is 2. The van der Waals surface area contributed by atoms with E-state index in [0.717, 1.165) is 6.07 Å². The number of rotatable bonds is 6. The van der Waals surface area contributed by atoms with Crippen LogP contribution in [-0.2, 0) is 14.3 Å². The summed E-state index contributed by atoms with van der Waals surface area (Å²) in [6.07, 6.45) is 0. The van der Waals surface area contributed by atoms with Crippen molar-refractivity contribution in [3.8, 4) is 0 Å². The van der Waals surface area contributed by atoms with Gasteiger partial charge in [0.25, 0.3) is 11.6 Å². The molecule has 0 aliphatic rings. The summed E-state index contributed by atoms with van der Waals surface area (Å²) in [6, 6.07) is 8.55. The van der Waals surface area contributed by atoms with Crippen LogP contribution in [0.5, 0.6) is 0 Å². The summed E-state index contributed by atoms with van der Waals surface area (Å²) in [5.74, 6) is -2.04. The third-order valence-corrected chi connectivity index (χ3v) is 3.91. The zero-order chi connectivity index (χ0) is 20.8. The molecule has 2 aromatic rings. The Hall–Kier alpha value is -3.75. The number of nitrogens with zero attached hydrogens (tertiary/aromatic N) is 1. The van der Waals surface area contributed by atoms with Gasteiger partial charge in [0.2, 0.25) is 0 Å². The van der Waals surface area contributed by atoms with E-state index in [4.69, 9.17) is 4.74 Å². The predicted molar refractivity (Wildman–Crippen MR) is 99.3 cm³/mol. The minimum absolute atomic E-state index is 0.0334. The molecule has 0 saturated heterocycles. The number of hydrogen-bond acceptors (Lipinski definition) is 7. The van der Waals surface area contributed by atoms with Crippen LogP contribution in [0.4, 0.5) is 11.4 Å². The molecule has 0 saturated carbocycles. The van der Waals surface area contributed by atoms with Gasteiger partial charge in [-0.15, -0.1) is 0 Å². The summed E-state index contributed by atoms with van der Waals surface area (Å²) in [4.78, 5) is 46.1. The number of methoxy groups -OCH3 is 1. The molecule has 0 fully saturated rings. The van der Waals surface area contributed by atoms with E-state index in [0.29, 0.717) is 16.8 Å². The molecule has 0 atom stereocenters. The number of carbonyl (C=O) groups excluding carboxylic acids is 3. The van der Waals surface area contributed by atoms with Gasteiger partial charge in [0, 0.05) is 17.3 Å².